The van der Waals surface area contributed by atoms with Crippen LogP contribution in [-0.2, 0) is 14.4 Å². The largest absolute Gasteiger partial charge is 0.478 e. The molecule has 2 N–H and O–H groups in total. The van der Waals surface area contributed by atoms with E-state index in [4.69, 9.17) is 0 Å². The second-order valence-electron chi connectivity index (χ2n) is 10.9. The zero-order valence-electron chi connectivity index (χ0n) is 21.0. The molecule has 2 amide bonds. The first-order valence-electron chi connectivity index (χ1n) is 10.5. The van der Waals surface area contributed by atoms with E-state index in [0.29, 0.717) is 0 Å². The van der Waals surface area contributed by atoms with E-state index in [1.807, 2.05) is 74.4 Å². The summed E-state index contributed by atoms with van der Waals surface area (Å²) in [6.07, 6.45) is 1.60. The van der Waals surface area contributed by atoms with Gasteiger partial charge >= 0.3 is 5.97 Å². The summed E-state index contributed by atoms with van der Waals surface area (Å²) in [5.74, 6) is -1.45. The molecule has 0 rings (SSSR count). The van der Waals surface area contributed by atoms with Crippen LogP contribution in [0.1, 0.15) is 62.3 Å². The van der Waals surface area contributed by atoms with Gasteiger partial charge < -0.3 is 15.3 Å². The first-order chi connectivity index (χ1) is 13.3. The molecule has 7 nitrogen and oxygen atoms in total. The summed E-state index contributed by atoms with van der Waals surface area (Å²) in [6, 6.07) is -1.56. The Morgan fingerprint density at radius 1 is 0.933 bits per heavy atom. The number of carbonyl (C=O) groups excluding carboxylic acids is 2. The average Bonchev–Trinajstić information content (AvgIpc) is 2.52. The Morgan fingerprint density at radius 3 is 1.70 bits per heavy atom. The molecule has 0 aromatic rings. The van der Waals surface area contributed by atoms with Crippen LogP contribution < -0.4 is 5.32 Å². The molecule has 0 saturated heterocycles. The Morgan fingerprint density at radius 2 is 1.40 bits per heavy atom. The van der Waals surface area contributed by atoms with Crippen molar-refractivity contribution in [1.29, 1.82) is 0 Å². The van der Waals surface area contributed by atoms with Crippen molar-refractivity contribution >= 4 is 17.8 Å². The van der Waals surface area contributed by atoms with Gasteiger partial charge in [0.05, 0.1) is 12.1 Å². The van der Waals surface area contributed by atoms with Crippen LogP contribution in [0.5, 0.6) is 0 Å². The number of rotatable bonds is 8. The number of aliphatic carboxylic acids is 1. The standard InChI is InChI=1S/C23H43N3O4/c1-14(2)16(13-15(3)21(29)30)26(12)20(28)17(22(4,5)6)24-19(27)18(25(10)11)23(7,8)9/h13-14,16-18H,1-12H3,(H,24,27)(H,29,30)/b15-13+/t16-,17-,18-/m1/s1. The Balaban J connectivity index is 5.99. The monoisotopic (exact) mass is 425 g/mol. The first-order valence-corrected chi connectivity index (χ1v) is 10.5. The van der Waals surface area contributed by atoms with E-state index in [0.717, 1.165) is 0 Å². The maximum Gasteiger partial charge on any atom is 0.331 e. The molecule has 174 valence electrons. The molecule has 0 aromatic carbocycles. The molecule has 0 saturated carbocycles. The number of hydrogen-bond donors (Lipinski definition) is 2. The van der Waals surface area contributed by atoms with E-state index in [1.165, 1.54) is 6.92 Å². The molecule has 0 aromatic heterocycles. The van der Waals surface area contributed by atoms with E-state index in [-0.39, 0.29) is 28.7 Å². The number of nitrogens with one attached hydrogen (secondary N) is 1. The van der Waals surface area contributed by atoms with Gasteiger partial charge in [-0.05, 0) is 37.8 Å². The number of nitrogens with zero attached hydrogens (tertiary/aromatic N) is 2. The minimum absolute atomic E-state index is 0.00803. The summed E-state index contributed by atoms with van der Waals surface area (Å²) < 4.78 is 0. The molecule has 0 fully saturated rings. The Bertz CT molecular complexity index is 654. The summed E-state index contributed by atoms with van der Waals surface area (Å²) >= 11 is 0. The Labute approximate surface area is 182 Å². The molecule has 0 radical (unpaired) electrons. The molecule has 0 unspecified atom stereocenters. The Kier molecular flexibility index (Phi) is 9.77. The maximum absolute atomic E-state index is 13.5. The van der Waals surface area contributed by atoms with Crippen LogP contribution in [0.2, 0.25) is 0 Å². The van der Waals surface area contributed by atoms with Crippen LogP contribution in [-0.4, -0.2) is 72.0 Å². The fraction of sp³-hybridized carbons (Fsp3) is 0.783. The smallest absolute Gasteiger partial charge is 0.331 e. The fourth-order valence-corrected chi connectivity index (χ4v) is 3.70. The minimum Gasteiger partial charge on any atom is -0.478 e. The van der Waals surface area contributed by atoms with E-state index < -0.39 is 29.5 Å². The molecule has 0 spiro atoms. The van der Waals surface area contributed by atoms with Gasteiger partial charge in [-0.3, -0.25) is 14.5 Å². The summed E-state index contributed by atoms with van der Waals surface area (Å²) in [5.41, 5.74) is -0.652. The van der Waals surface area contributed by atoms with E-state index in [9.17, 15) is 19.5 Å². The molecule has 0 aliphatic heterocycles. The maximum atomic E-state index is 13.5. The van der Waals surface area contributed by atoms with Gasteiger partial charge in [0.2, 0.25) is 11.8 Å². The van der Waals surface area contributed by atoms with Crippen LogP contribution in [0, 0.1) is 16.7 Å². The lowest BCUT2D eigenvalue weighted by Crippen LogP contribution is -2.60. The number of carboxylic acid groups (broad SMARTS) is 1. The quantitative estimate of drug-likeness (QED) is 0.584. The zero-order valence-corrected chi connectivity index (χ0v) is 21.0. The molecule has 3 atom stereocenters. The number of amides is 2. The van der Waals surface area contributed by atoms with Gasteiger partial charge in [-0.1, -0.05) is 61.5 Å². The van der Waals surface area contributed by atoms with Crippen molar-refractivity contribution in [3.05, 3.63) is 11.6 Å². The van der Waals surface area contributed by atoms with Crippen molar-refractivity contribution in [3.63, 3.8) is 0 Å². The first kappa shape index (κ1) is 28.1. The van der Waals surface area contributed by atoms with Crippen molar-refractivity contribution in [2.45, 2.75) is 80.4 Å². The highest BCUT2D eigenvalue weighted by Crippen LogP contribution is 2.27. The average molecular weight is 426 g/mol. The molecular weight excluding hydrogens is 382 g/mol. The minimum atomic E-state index is -1.01. The third-order valence-electron chi connectivity index (χ3n) is 5.22. The van der Waals surface area contributed by atoms with Crippen LogP contribution in [0.4, 0.5) is 0 Å². The Hall–Kier alpha value is -1.89. The summed E-state index contributed by atoms with van der Waals surface area (Å²) in [6.45, 7) is 17.1. The number of carboxylic acids is 1. The molecule has 30 heavy (non-hydrogen) atoms. The molecule has 0 aliphatic carbocycles. The predicted molar refractivity (Wildman–Crippen MR) is 121 cm³/mol. The number of hydrogen-bond acceptors (Lipinski definition) is 4. The van der Waals surface area contributed by atoms with Crippen molar-refractivity contribution in [1.82, 2.24) is 15.1 Å². The van der Waals surface area contributed by atoms with Gasteiger partial charge in [0, 0.05) is 12.6 Å². The van der Waals surface area contributed by atoms with Crippen molar-refractivity contribution in [3.8, 4) is 0 Å². The van der Waals surface area contributed by atoms with E-state index in [2.05, 4.69) is 5.32 Å². The lowest BCUT2D eigenvalue weighted by molar-refractivity contribution is -0.142. The van der Waals surface area contributed by atoms with Gasteiger partial charge in [-0.2, -0.15) is 0 Å². The van der Waals surface area contributed by atoms with E-state index in [1.54, 1.807) is 18.0 Å². The fourth-order valence-electron chi connectivity index (χ4n) is 3.70. The molecule has 0 aliphatic rings. The molecule has 0 heterocycles. The van der Waals surface area contributed by atoms with Gasteiger partial charge in [0.25, 0.3) is 0 Å². The normalized spacial score (nSPS) is 16.3. The topological polar surface area (TPSA) is 90.0 Å². The lowest BCUT2D eigenvalue weighted by atomic mass is 9.82. The van der Waals surface area contributed by atoms with Crippen LogP contribution >= 0.6 is 0 Å². The van der Waals surface area contributed by atoms with Gasteiger partial charge in [-0.25, -0.2) is 4.79 Å². The molecular formula is C23H43N3O4. The predicted octanol–water partition coefficient (Wildman–Crippen LogP) is 3.01. The van der Waals surface area contributed by atoms with Crippen LogP contribution in [0.15, 0.2) is 11.6 Å². The second-order valence-corrected chi connectivity index (χ2v) is 10.9. The highest BCUT2D eigenvalue weighted by molar-refractivity contribution is 5.91. The highest BCUT2D eigenvalue weighted by atomic mass is 16.4. The van der Waals surface area contributed by atoms with Crippen molar-refractivity contribution < 1.29 is 19.5 Å². The number of carbonyl (C=O) groups is 3. The van der Waals surface area contributed by atoms with Crippen LogP contribution in [0.25, 0.3) is 0 Å². The summed E-state index contributed by atoms with van der Waals surface area (Å²) in [4.78, 5) is 41.4. The van der Waals surface area contributed by atoms with E-state index >= 15 is 0 Å². The SMILES string of the molecule is C/C(=C\[C@H](C(C)C)N(C)C(=O)[C@@H](NC(=O)[C@@H](N(C)C)C(C)(C)C)C(C)(C)C)C(=O)O. The lowest BCUT2D eigenvalue weighted by Gasteiger charge is -2.40. The molecule has 0 bridgehead atoms. The highest BCUT2D eigenvalue weighted by Gasteiger charge is 2.40. The van der Waals surface area contributed by atoms with Crippen molar-refractivity contribution in [2.24, 2.45) is 16.7 Å². The third-order valence-corrected chi connectivity index (χ3v) is 5.22. The zero-order chi connectivity index (χ0) is 24.2. The second kappa shape index (κ2) is 10.4. The van der Waals surface area contributed by atoms with Gasteiger partial charge in [0.1, 0.15) is 6.04 Å². The molecule has 7 heteroatoms. The summed E-state index contributed by atoms with van der Waals surface area (Å²) in [7, 11) is 5.37. The van der Waals surface area contributed by atoms with Crippen molar-refractivity contribution in [2.75, 3.05) is 21.1 Å². The van der Waals surface area contributed by atoms with Gasteiger partial charge in [0.15, 0.2) is 0 Å². The number of likely N-dealkylation sites (N-methyl/N-ethyl adjacent to an activating group) is 2. The van der Waals surface area contributed by atoms with Gasteiger partial charge in [-0.15, -0.1) is 0 Å². The third kappa shape index (κ3) is 7.74. The summed E-state index contributed by atoms with van der Waals surface area (Å²) in [5, 5.41) is 12.2. The van der Waals surface area contributed by atoms with Crippen LogP contribution in [0.3, 0.4) is 0 Å².